The number of nitrogens with zero attached hydrogens (tertiary/aromatic N) is 3. The molecule has 0 radical (unpaired) electrons. The molecule has 2 aliphatic heterocycles. The number of hydrogen-bond donors (Lipinski definition) is 1. The van der Waals surface area contributed by atoms with Gasteiger partial charge in [-0.05, 0) is 49.7 Å². The highest BCUT2D eigenvalue weighted by Crippen LogP contribution is 2.45. The summed E-state index contributed by atoms with van der Waals surface area (Å²) in [6.07, 6.45) is 1.60. The topological polar surface area (TPSA) is 65.9 Å². The molecule has 1 N–H and O–H groups in total. The molecule has 7 heteroatoms. The van der Waals surface area contributed by atoms with E-state index in [0.717, 1.165) is 22.6 Å². The molecule has 28 heavy (non-hydrogen) atoms. The van der Waals surface area contributed by atoms with E-state index in [-0.39, 0.29) is 30.6 Å². The van der Waals surface area contributed by atoms with Gasteiger partial charge in [-0.1, -0.05) is 6.92 Å². The zero-order valence-electron chi connectivity index (χ0n) is 17.0. The number of carbonyl (C=O) groups excluding carboxylic acids is 1. The molecule has 2 atom stereocenters. The van der Waals surface area contributed by atoms with Crippen molar-refractivity contribution in [3.63, 3.8) is 0 Å². The fourth-order valence-electron chi connectivity index (χ4n) is 4.19. The molecule has 0 spiro atoms. The van der Waals surface area contributed by atoms with Gasteiger partial charge in [0.2, 0.25) is 0 Å². The summed E-state index contributed by atoms with van der Waals surface area (Å²) in [6, 6.07) is 0. The minimum atomic E-state index is -1.04. The highest BCUT2D eigenvalue weighted by molar-refractivity contribution is 6.00. The molecule has 1 aromatic heterocycles. The first kappa shape index (κ1) is 19.6. The van der Waals surface area contributed by atoms with Crippen LogP contribution in [-0.4, -0.2) is 66.0 Å². The Labute approximate surface area is 165 Å². The number of amides is 1. The molecular formula is C21H30FN3O3. The maximum atomic E-state index is 14.8. The van der Waals surface area contributed by atoms with Crippen molar-refractivity contribution in [1.29, 1.82) is 0 Å². The van der Waals surface area contributed by atoms with Crippen molar-refractivity contribution >= 4 is 11.7 Å². The number of carbonyl (C=O) groups is 1. The van der Waals surface area contributed by atoms with Gasteiger partial charge < -0.3 is 19.6 Å². The predicted octanol–water partition coefficient (Wildman–Crippen LogP) is 2.38. The Kier molecular flexibility index (Phi) is 5.08. The fraction of sp³-hybridized carbons (Fsp3) is 0.714. The van der Waals surface area contributed by atoms with Crippen molar-refractivity contribution in [2.75, 3.05) is 37.7 Å². The molecule has 4 rings (SSSR count). The number of rotatable bonds is 6. The van der Waals surface area contributed by atoms with Crippen molar-refractivity contribution < 1.29 is 19.0 Å². The van der Waals surface area contributed by atoms with Gasteiger partial charge in [-0.25, -0.2) is 9.37 Å². The molecule has 3 aliphatic rings. The normalized spacial score (nSPS) is 26.0. The Morgan fingerprint density at radius 1 is 1.32 bits per heavy atom. The van der Waals surface area contributed by atoms with Crippen LogP contribution in [0.1, 0.15) is 53.4 Å². The lowest BCUT2D eigenvalue weighted by Gasteiger charge is -2.36. The second-order valence-corrected chi connectivity index (χ2v) is 8.87. The molecule has 3 heterocycles. The molecule has 1 aromatic rings. The van der Waals surface area contributed by atoms with Gasteiger partial charge in [0, 0.05) is 13.1 Å². The van der Waals surface area contributed by atoms with E-state index in [1.807, 2.05) is 18.7 Å². The molecule has 6 nitrogen and oxygen atoms in total. The van der Waals surface area contributed by atoms with Crippen LogP contribution in [0.2, 0.25) is 0 Å². The van der Waals surface area contributed by atoms with Crippen LogP contribution in [0.5, 0.6) is 0 Å². The van der Waals surface area contributed by atoms with Crippen LogP contribution in [0.25, 0.3) is 0 Å². The van der Waals surface area contributed by atoms with E-state index < -0.39 is 6.17 Å². The largest absolute Gasteiger partial charge is 0.395 e. The van der Waals surface area contributed by atoms with Crippen LogP contribution in [0.15, 0.2) is 0 Å². The number of hydrogen-bond acceptors (Lipinski definition) is 5. The minimum Gasteiger partial charge on any atom is -0.395 e. The molecule has 0 bridgehead atoms. The third-order valence-corrected chi connectivity index (χ3v) is 6.54. The number of fused-ring (bicyclic) bond motifs is 1. The van der Waals surface area contributed by atoms with Crippen LogP contribution in [-0.2, 0) is 11.3 Å². The van der Waals surface area contributed by atoms with Crippen LogP contribution < -0.4 is 4.90 Å². The number of alkyl halides is 1. The third-order valence-electron chi connectivity index (χ3n) is 6.54. The van der Waals surface area contributed by atoms with E-state index in [2.05, 4.69) is 6.92 Å². The summed E-state index contributed by atoms with van der Waals surface area (Å²) < 4.78 is 20.7. The predicted molar refractivity (Wildman–Crippen MR) is 104 cm³/mol. The van der Waals surface area contributed by atoms with E-state index in [1.165, 1.54) is 12.8 Å². The van der Waals surface area contributed by atoms with Crippen LogP contribution in [0.4, 0.5) is 10.2 Å². The summed E-state index contributed by atoms with van der Waals surface area (Å²) in [6.45, 7) is 8.32. The van der Waals surface area contributed by atoms with Gasteiger partial charge in [0.15, 0.2) is 0 Å². The lowest BCUT2D eigenvalue weighted by molar-refractivity contribution is -0.0302. The number of piperidine rings is 1. The van der Waals surface area contributed by atoms with E-state index >= 15 is 0 Å². The fourth-order valence-corrected chi connectivity index (χ4v) is 4.19. The Morgan fingerprint density at radius 3 is 2.71 bits per heavy atom. The molecule has 0 unspecified atom stereocenters. The summed E-state index contributed by atoms with van der Waals surface area (Å²) in [5.41, 5.74) is 3.46. The van der Waals surface area contributed by atoms with E-state index in [4.69, 9.17) is 9.72 Å². The molecule has 1 amide bonds. The Balaban J connectivity index is 1.49. The second kappa shape index (κ2) is 7.26. The molecule has 1 saturated carbocycles. The molecular weight excluding hydrogens is 361 g/mol. The number of β-amino-alcohol motifs (C(OH)–C–C–N with tert-alkyl or cyclic N) is 1. The molecule has 0 aromatic carbocycles. The van der Waals surface area contributed by atoms with Crippen LogP contribution >= 0.6 is 0 Å². The molecule has 154 valence electrons. The molecule has 1 saturated heterocycles. The van der Waals surface area contributed by atoms with Crippen LogP contribution in [0, 0.1) is 19.3 Å². The molecule has 1 aliphatic carbocycles. The summed E-state index contributed by atoms with van der Waals surface area (Å²) in [5, 5.41) is 9.18. The average molecular weight is 391 g/mol. The summed E-state index contributed by atoms with van der Waals surface area (Å²) in [5.74, 6) is 0.693. The van der Waals surface area contributed by atoms with Gasteiger partial charge in [0.05, 0.1) is 43.7 Å². The lowest BCUT2D eigenvalue weighted by atomic mass is 10.0. The number of aliphatic hydroxyl groups excluding tert-OH is 1. The van der Waals surface area contributed by atoms with Crippen molar-refractivity contribution in [2.45, 2.75) is 58.9 Å². The highest BCUT2D eigenvalue weighted by Gasteiger charge is 2.40. The first-order valence-electron chi connectivity index (χ1n) is 10.2. The van der Waals surface area contributed by atoms with Crippen molar-refractivity contribution in [2.24, 2.45) is 5.41 Å². The number of aliphatic hydroxyl groups is 1. The van der Waals surface area contributed by atoms with Gasteiger partial charge >= 0.3 is 0 Å². The van der Waals surface area contributed by atoms with E-state index in [9.17, 15) is 14.3 Å². The number of ether oxygens (including phenoxy) is 1. The SMILES string of the molecule is Cc1c(N2CC[C@H](OCC3(C)CC3)[C@@H](F)C2)nc2c(c1C)C(=O)N(CCO)C2. The summed E-state index contributed by atoms with van der Waals surface area (Å²) in [7, 11) is 0. The van der Waals surface area contributed by atoms with Gasteiger partial charge in [-0.15, -0.1) is 0 Å². The maximum Gasteiger partial charge on any atom is 0.256 e. The number of aromatic nitrogens is 1. The highest BCUT2D eigenvalue weighted by atomic mass is 19.1. The van der Waals surface area contributed by atoms with Crippen molar-refractivity contribution in [1.82, 2.24) is 9.88 Å². The van der Waals surface area contributed by atoms with Gasteiger partial charge in [-0.2, -0.15) is 0 Å². The minimum absolute atomic E-state index is 0.0687. The van der Waals surface area contributed by atoms with Crippen molar-refractivity contribution in [3.05, 3.63) is 22.4 Å². The Morgan fingerprint density at radius 2 is 2.07 bits per heavy atom. The number of halogens is 1. The lowest BCUT2D eigenvalue weighted by Crippen LogP contribution is -2.47. The first-order valence-corrected chi connectivity index (χ1v) is 10.2. The number of pyridine rings is 1. The van der Waals surface area contributed by atoms with Crippen molar-refractivity contribution in [3.8, 4) is 0 Å². The second-order valence-electron chi connectivity index (χ2n) is 8.87. The Bertz CT molecular complexity index is 781. The Hall–Kier alpha value is -1.73. The average Bonchev–Trinajstić information content (AvgIpc) is 3.32. The monoisotopic (exact) mass is 391 g/mol. The smallest absolute Gasteiger partial charge is 0.256 e. The zero-order valence-corrected chi connectivity index (χ0v) is 17.0. The van der Waals surface area contributed by atoms with Crippen LogP contribution in [0.3, 0.4) is 0 Å². The maximum absolute atomic E-state index is 14.8. The van der Waals surface area contributed by atoms with E-state index in [1.54, 1.807) is 4.90 Å². The van der Waals surface area contributed by atoms with E-state index in [0.29, 0.717) is 38.2 Å². The summed E-state index contributed by atoms with van der Waals surface area (Å²) >= 11 is 0. The zero-order chi connectivity index (χ0) is 20.1. The molecule has 2 fully saturated rings. The third kappa shape index (κ3) is 3.50. The first-order chi connectivity index (χ1) is 13.3. The van der Waals surface area contributed by atoms with Gasteiger partial charge in [0.1, 0.15) is 12.0 Å². The van der Waals surface area contributed by atoms with Gasteiger partial charge in [0.25, 0.3) is 5.91 Å². The van der Waals surface area contributed by atoms with Gasteiger partial charge in [-0.3, -0.25) is 4.79 Å². The number of anilines is 1. The summed E-state index contributed by atoms with van der Waals surface area (Å²) in [4.78, 5) is 20.9. The quantitative estimate of drug-likeness (QED) is 0.807. The standard InChI is InChI=1S/C21H30FN3O3/c1-13-14(2)19(23-16-11-25(8-9-26)20(27)18(13)16)24-7-4-17(15(22)10-24)28-12-21(3)5-6-21/h15,17,26H,4-12H2,1-3H3/t15-,17-/m0/s1.